The number of anilines is 1. The lowest BCUT2D eigenvalue weighted by atomic mass is 10.1. The number of nitrogens with one attached hydrogen (secondary N) is 2. The molecule has 3 N–H and O–H groups in total. The number of H-pyrrole nitrogens is 1. The number of hydrazone groups is 1. The number of hydrogen-bond acceptors (Lipinski definition) is 8. The van der Waals surface area contributed by atoms with Crippen LogP contribution in [-0.2, 0) is 20.0 Å². The van der Waals surface area contributed by atoms with Crippen molar-refractivity contribution in [2.75, 3.05) is 19.1 Å². The number of aliphatic hydroxyl groups is 1. The Morgan fingerprint density at radius 1 is 1.14 bits per heavy atom. The molecule has 0 aliphatic heterocycles. The maximum atomic E-state index is 12.7. The monoisotopic (exact) mass is 506 g/mol. The molecule has 2 aromatic carbocycles. The number of rotatable bonds is 10. The van der Waals surface area contributed by atoms with Crippen LogP contribution >= 0.6 is 0 Å². The summed E-state index contributed by atoms with van der Waals surface area (Å²) >= 11 is 0. The first kappa shape index (κ1) is 25.7. The molecule has 0 aliphatic rings. The molecule has 1 atom stereocenters. The molecule has 0 spiro atoms. The van der Waals surface area contributed by atoms with E-state index in [0.717, 1.165) is 17.7 Å². The number of fused-ring (bicyclic) bond motifs is 1. The number of aliphatic hydroxyl groups excluding tert-OH is 1. The number of hydrogen-bond donors (Lipinski definition) is 3. The predicted octanol–water partition coefficient (Wildman–Crippen LogP) is 2.27. The Kier molecular flexibility index (Phi) is 7.73. The number of nitrogens with zero attached hydrogens (tertiary/aromatic N) is 4. The number of imidazole rings is 1. The summed E-state index contributed by atoms with van der Waals surface area (Å²) in [6, 6.07) is 15.0. The van der Waals surface area contributed by atoms with Gasteiger partial charge in [-0.1, -0.05) is 19.1 Å². The molecule has 194 valence electrons. The lowest BCUT2D eigenvalue weighted by molar-refractivity contribution is 0.0938. The number of aromatic amines is 1. The summed E-state index contributed by atoms with van der Waals surface area (Å²) in [5.41, 5.74) is 4.67. The zero-order valence-electron chi connectivity index (χ0n) is 21.2. The van der Waals surface area contributed by atoms with E-state index in [1.807, 2.05) is 55.5 Å². The maximum Gasteiger partial charge on any atom is 0.329 e. The minimum atomic E-state index is -0.980. The summed E-state index contributed by atoms with van der Waals surface area (Å²) < 4.78 is 13.7. The highest BCUT2D eigenvalue weighted by atomic mass is 16.5. The molecule has 2 heterocycles. The van der Waals surface area contributed by atoms with Crippen molar-refractivity contribution >= 4 is 22.8 Å². The fourth-order valence-electron chi connectivity index (χ4n) is 3.81. The van der Waals surface area contributed by atoms with Crippen molar-refractivity contribution in [1.82, 2.24) is 19.1 Å². The van der Waals surface area contributed by atoms with Gasteiger partial charge < -0.3 is 19.1 Å². The molecule has 1 unspecified atom stereocenters. The molecule has 0 aliphatic carbocycles. The Morgan fingerprint density at radius 2 is 1.81 bits per heavy atom. The zero-order valence-corrected chi connectivity index (χ0v) is 21.2. The summed E-state index contributed by atoms with van der Waals surface area (Å²) in [5, 5.41) is 15.2. The molecule has 11 nitrogen and oxygen atoms in total. The largest absolute Gasteiger partial charge is 0.497 e. The number of ether oxygens (including phenoxy) is 2. The molecule has 0 fully saturated rings. The lowest BCUT2D eigenvalue weighted by Crippen LogP contribution is -2.30. The highest BCUT2D eigenvalue weighted by Gasteiger charge is 2.20. The van der Waals surface area contributed by atoms with Gasteiger partial charge in [0, 0.05) is 7.05 Å². The third-order valence-corrected chi connectivity index (χ3v) is 6.01. The molecule has 4 aromatic rings. The number of aromatic nitrogens is 4. The number of aryl methyl sites for hydroxylation is 2. The van der Waals surface area contributed by atoms with E-state index < -0.39 is 17.4 Å². The first-order valence-electron chi connectivity index (χ1n) is 11.8. The second kappa shape index (κ2) is 11.1. The minimum absolute atomic E-state index is 0.0115. The molecule has 11 heteroatoms. The Bertz CT molecular complexity index is 1520. The molecule has 0 amide bonds. The predicted molar refractivity (Wildman–Crippen MR) is 142 cm³/mol. The van der Waals surface area contributed by atoms with Crippen molar-refractivity contribution in [3.8, 4) is 11.5 Å². The molecule has 4 rings (SSSR count). The van der Waals surface area contributed by atoms with Crippen molar-refractivity contribution in [3.05, 3.63) is 80.5 Å². The number of methoxy groups -OCH3 is 1. The quantitative estimate of drug-likeness (QED) is 0.222. The average molecular weight is 507 g/mol. The smallest absolute Gasteiger partial charge is 0.329 e. The zero-order chi connectivity index (χ0) is 26.5. The van der Waals surface area contributed by atoms with Gasteiger partial charge in [-0.2, -0.15) is 10.1 Å². The standard InChI is InChI=1S/C26H30N6O5/c1-5-17-6-10-21(11-7-17)37-15-19(33)14-32-22-23(31(3)26(35)28-24(22)34)27-25(32)30-29-16(2)18-8-12-20(36-4)13-9-18/h6-13,19,33H,5,14-15H2,1-4H3,(H,27,30)(H,28,34,35)/b29-16+. The van der Waals surface area contributed by atoms with E-state index in [4.69, 9.17) is 9.47 Å². The van der Waals surface area contributed by atoms with Crippen molar-refractivity contribution in [1.29, 1.82) is 0 Å². The lowest BCUT2D eigenvalue weighted by Gasteiger charge is -2.15. The van der Waals surface area contributed by atoms with Gasteiger partial charge in [0.1, 0.15) is 24.2 Å². The van der Waals surface area contributed by atoms with Gasteiger partial charge in [-0.3, -0.25) is 14.3 Å². The molecular weight excluding hydrogens is 476 g/mol. The van der Waals surface area contributed by atoms with E-state index in [2.05, 4.69) is 27.4 Å². The van der Waals surface area contributed by atoms with E-state index in [1.54, 1.807) is 7.11 Å². The molecule has 0 saturated carbocycles. The van der Waals surface area contributed by atoms with Crippen LogP contribution in [0.1, 0.15) is 25.0 Å². The topological polar surface area (TPSA) is 136 Å². The summed E-state index contributed by atoms with van der Waals surface area (Å²) in [6.45, 7) is 3.85. The van der Waals surface area contributed by atoms with E-state index in [-0.39, 0.29) is 30.3 Å². The van der Waals surface area contributed by atoms with E-state index in [1.165, 1.54) is 21.7 Å². The van der Waals surface area contributed by atoms with Crippen molar-refractivity contribution in [3.63, 3.8) is 0 Å². The first-order chi connectivity index (χ1) is 17.8. The fraction of sp³-hybridized carbons (Fsp3) is 0.308. The summed E-state index contributed by atoms with van der Waals surface area (Å²) in [7, 11) is 3.10. The second-order valence-corrected chi connectivity index (χ2v) is 8.54. The van der Waals surface area contributed by atoms with Gasteiger partial charge in [0.05, 0.1) is 19.4 Å². The van der Waals surface area contributed by atoms with Crippen LogP contribution in [0.3, 0.4) is 0 Å². The molecule has 0 bridgehead atoms. The Hall–Kier alpha value is -4.38. The van der Waals surface area contributed by atoms with Crippen LogP contribution in [0.4, 0.5) is 5.95 Å². The van der Waals surface area contributed by atoms with Crippen LogP contribution in [0.2, 0.25) is 0 Å². The van der Waals surface area contributed by atoms with Crippen molar-refractivity contribution in [2.24, 2.45) is 12.1 Å². The van der Waals surface area contributed by atoms with E-state index in [9.17, 15) is 14.7 Å². The van der Waals surface area contributed by atoms with Gasteiger partial charge >= 0.3 is 5.69 Å². The highest BCUT2D eigenvalue weighted by molar-refractivity contribution is 5.99. The van der Waals surface area contributed by atoms with Crippen molar-refractivity contribution < 1.29 is 14.6 Å². The van der Waals surface area contributed by atoms with Gasteiger partial charge in [0.2, 0.25) is 5.95 Å². The maximum absolute atomic E-state index is 12.7. The number of benzene rings is 2. The van der Waals surface area contributed by atoms with Crippen LogP contribution in [-0.4, -0.2) is 49.7 Å². The average Bonchev–Trinajstić information content (AvgIpc) is 3.28. The van der Waals surface area contributed by atoms with Gasteiger partial charge in [-0.05, 0) is 60.9 Å². The van der Waals surface area contributed by atoms with Gasteiger partial charge in [0.25, 0.3) is 5.56 Å². The van der Waals surface area contributed by atoms with Crippen LogP contribution in [0.5, 0.6) is 11.5 Å². The molecule has 0 saturated heterocycles. The summed E-state index contributed by atoms with van der Waals surface area (Å²) in [4.78, 5) is 31.6. The van der Waals surface area contributed by atoms with Crippen LogP contribution in [0, 0.1) is 0 Å². The Morgan fingerprint density at radius 3 is 2.46 bits per heavy atom. The second-order valence-electron chi connectivity index (χ2n) is 8.54. The van der Waals surface area contributed by atoms with Crippen molar-refractivity contribution in [2.45, 2.75) is 32.9 Å². The van der Waals surface area contributed by atoms with E-state index in [0.29, 0.717) is 11.5 Å². The fourth-order valence-corrected chi connectivity index (χ4v) is 3.81. The minimum Gasteiger partial charge on any atom is -0.497 e. The van der Waals surface area contributed by atoms with Gasteiger partial charge in [0.15, 0.2) is 11.2 Å². The van der Waals surface area contributed by atoms with Gasteiger partial charge in [-0.15, -0.1) is 0 Å². The van der Waals surface area contributed by atoms with Crippen LogP contribution < -0.4 is 26.1 Å². The van der Waals surface area contributed by atoms with Gasteiger partial charge in [-0.25, -0.2) is 10.2 Å². The molecular formula is C26H30N6O5. The highest BCUT2D eigenvalue weighted by Crippen LogP contribution is 2.18. The SMILES string of the molecule is CCc1ccc(OCC(O)Cn2c(N/N=C(\C)c3ccc(OC)cc3)nc3c2c(=O)[nH]c(=O)n3C)cc1. The molecule has 2 aromatic heterocycles. The Balaban J connectivity index is 1.61. The molecule has 0 radical (unpaired) electrons. The summed E-state index contributed by atoms with van der Waals surface area (Å²) in [5.74, 6) is 1.55. The van der Waals surface area contributed by atoms with Crippen LogP contribution in [0.25, 0.3) is 11.2 Å². The Labute approximate surface area is 213 Å². The van der Waals surface area contributed by atoms with E-state index >= 15 is 0 Å². The van der Waals surface area contributed by atoms with Crippen LogP contribution in [0.15, 0.2) is 63.2 Å². The normalized spacial score (nSPS) is 12.5. The molecule has 37 heavy (non-hydrogen) atoms. The summed E-state index contributed by atoms with van der Waals surface area (Å²) in [6.07, 6.45) is -0.0590. The third kappa shape index (κ3) is 5.72. The third-order valence-electron chi connectivity index (χ3n) is 6.01. The first-order valence-corrected chi connectivity index (χ1v) is 11.8.